The monoisotopic (exact) mass is 194 g/mol. The second-order valence-electron chi connectivity index (χ2n) is 3.87. The van der Waals surface area contributed by atoms with Gasteiger partial charge in [0.15, 0.2) is 0 Å². The highest BCUT2D eigenvalue weighted by Gasteiger charge is 2.21. The molecule has 0 saturated carbocycles. The Labute approximate surface area is 85.2 Å². The number of nitrogens with zero attached hydrogens (tertiary/aromatic N) is 1. The zero-order chi connectivity index (χ0) is 10.6. The van der Waals surface area contributed by atoms with Crippen molar-refractivity contribution < 1.29 is 5.11 Å². The summed E-state index contributed by atoms with van der Waals surface area (Å²) in [6, 6.07) is 3.91. The molecule has 1 heterocycles. The fourth-order valence-electron chi connectivity index (χ4n) is 1.14. The van der Waals surface area contributed by atoms with E-state index in [1.165, 1.54) is 0 Å². The van der Waals surface area contributed by atoms with E-state index in [9.17, 15) is 5.11 Å². The van der Waals surface area contributed by atoms with Crippen LogP contribution in [0.4, 0.5) is 5.82 Å². The van der Waals surface area contributed by atoms with Gasteiger partial charge in [-0.25, -0.2) is 4.98 Å². The van der Waals surface area contributed by atoms with Crippen molar-refractivity contribution in [2.24, 2.45) is 0 Å². The molecule has 0 amide bonds. The summed E-state index contributed by atoms with van der Waals surface area (Å²) in [6.07, 6.45) is 2.61. The number of pyridine rings is 1. The topological polar surface area (TPSA) is 45.1 Å². The summed E-state index contributed by atoms with van der Waals surface area (Å²) in [6.45, 7) is 6.14. The van der Waals surface area contributed by atoms with Gasteiger partial charge in [0, 0.05) is 6.20 Å². The maximum absolute atomic E-state index is 9.25. The van der Waals surface area contributed by atoms with Crippen LogP contribution in [0.3, 0.4) is 0 Å². The molecule has 3 heteroatoms. The maximum atomic E-state index is 9.25. The summed E-state index contributed by atoms with van der Waals surface area (Å²) < 4.78 is 0. The fraction of sp³-hybridized carbons (Fsp3) is 0.545. The van der Waals surface area contributed by atoms with Crippen molar-refractivity contribution >= 4 is 5.82 Å². The summed E-state index contributed by atoms with van der Waals surface area (Å²) in [4.78, 5) is 4.24. The highest BCUT2D eigenvalue weighted by atomic mass is 16.3. The molecule has 0 aromatic carbocycles. The summed E-state index contributed by atoms with van der Waals surface area (Å²) in [5.74, 6) is 0.853. The van der Waals surface area contributed by atoms with E-state index in [4.69, 9.17) is 0 Å². The van der Waals surface area contributed by atoms with E-state index in [0.717, 1.165) is 17.8 Å². The van der Waals surface area contributed by atoms with Gasteiger partial charge >= 0.3 is 0 Å². The van der Waals surface area contributed by atoms with E-state index in [-0.39, 0.29) is 12.1 Å². The van der Waals surface area contributed by atoms with Crippen molar-refractivity contribution in [3.8, 4) is 0 Å². The number of anilines is 1. The molecular formula is C11H18N2O. The normalized spacial score (nSPS) is 14.9. The van der Waals surface area contributed by atoms with Gasteiger partial charge < -0.3 is 10.4 Å². The van der Waals surface area contributed by atoms with Gasteiger partial charge in [-0.05, 0) is 31.9 Å². The summed E-state index contributed by atoms with van der Waals surface area (Å²) in [5.41, 5.74) is 0.819. The lowest BCUT2D eigenvalue weighted by atomic mass is 10.00. The lowest BCUT2D eigenvalue weighted by molar-refractivity contribution is 0.218. The largest absolute Gasteiger partial charge is 0.394 e. The molecule has 0 bridgehead atoms. The van der Waals surface area contributed by atoms with Crippen LogP contribution >= 0.6 is 0 Å². The first-order valence-corrected chi connectivity index (χ1v) is 4.92. The number of aliphatic hydroxyl groups is 1. The van der Waals surface area contributed by atoms with Crippen molar-refractivity contribution in [3.63, 3.8) is 0 Å². The molecule has 0 fully saturated rings. The maximum Gasteiger partial charge on any atom is 0.129 e. The summed E-state index contributed by atoms with van der Waals surface area (Å²) >= 11 is 0. The molecule has 0 aliphatic heterocycles. The Balaban J connectivity index is 2.82. The van der Waals surface area contributed by atoms with Crippen LogP contribution in [-0.2, 0) is 0 Å². The third-order valence-corrected chi connectivity index (χ3v) is 2.56. The number of hydrogen-bond acceptors (Lipinski definition) is 3. The van der Waals surface area contributed by atoms with Gasteiger partial charge in [-0.3, -0.25) is 0 Å². The third kappa shape index (κ3) is 2.45. The number of aryl methyl sites for hydroxylation is 1. The number of nitrogens with one attached hydrogen (secondary N) is 1. The molecular weight excluding hydrogens is 176 g/mol. The predicted molar refractivity (Wildman–Crippen MR) is 58.4 cm³/mol. The fourth-order valence-corrected chi connectivity index (χ4v) is 1.14. The van der Waals surface area contributed by atoms with E-state index in [0.29, 0.717) is 0 Å². The minimum Gasteiger partial charge on any atom is -0.394 e. The second-order valence-corrected chi connectivity index (χ2v) is 3.87. The highest BCUT2D eigenvalue weighted by molar-refractivity contribution is 5.44. The molecule has 2 N–H and O–H groups in total. The van der Waals surface area contributed by atoms with Crippen molar-refractivity contribution in [2.45, 2.75) is 32.7 Å². The van der Waals surface area contributed by atoms with E-state index in [2.05, 4.69) is 10.3 Å². The Morgan fingerprint density at radius 2 is 2.29 bits per heavy atom. The molecule has 0 spiro atoms. The Hall–Kier alpha value is -1.09. The van der Waals surface area contributed by atoms with Crippen LogP contribution in [0.25, 0.3) is 0 Å². The van der Waals surface area contributed by atoms with Crippen LogP contribution < -0.4 is 5.32 Å². The van der Waals surface area contributed by atoms with Gasteiger partial charge in [0.2, 0.25) is 0 Å². The van der Waals surface area contributed by atoms with E-state index < -0.39 is 0 Å². The standard InChI is InChI=1S/C11H18N2O/c1-4-11(3,8-14)13-10-9(2)6-5-7-12-10/h5-7,14H,4,8H2,1-3H3,(H,12,13). The van der Waals surface area contributed by atoms with Crippen LogP contribution in [-0.4, -0.2) is 22.2 Å². The van der Waals surface area contributed by atoms with Crippen LogP contribution in [0.2, 0.25) is 0 Å². The molecule has 14 heavy (non-hydrogen) atoms. The van der Waals surface area contributed by atoms with E-state index >= 15 is 0 Å². The molecule has 1 aromatic rings. The van der Waals surface area contributed by atoms with Gasteiger partial charge in [0.05, 0.1) is 12.1 Å². The molecule has 0 aliphatic carbocycles. The molecule has 0 radical (unpaired) electrons. The first-order chi connectivity index (χ1) is 6.61. The zero-order valence-electron chi connectivity index (χ0n) is 9.04. The number of aromatic nitrogens is 1. The quantitative estimate of drug-likeness (QED) is 0.770. The molecule has 1 rings (SSSR count). The molecule has 0 saturated heterocycles. The van der Waals surface area contributed by atoms with Gasteiger partial charge in [-0.15, -0.1) is 0 Å². The lowest BCUT2D eigenvalue weighted by Gasteiger charge is -2.28. The average molecular weight is 194 g/mol. The molecule has 1 aromatic heterocycles. The van der Waals surface area contributed by atoms with Crippen LogP contribution in [0.15, 0.2) is 18.3 Å². The van der Waals surface area contributed by atoms with Gasteiger partial charge in [0.25, 0.3) is 0 Å². The first kappa shape index (κ1) is 11.0. The summed E-state index contributed by atoms with van der Waals surface area (Å²) in [5, 5.41) is 12.5. The molecule has 3 nitrogen and oxygen atoms in total. The van der Waals surface area contributed by atoms with Gasteiger partial charge in [0.1, 0.15) is 5.82 Å². The SMILES string of the molecule is CCC(C)(CO)Nc1ncccc1C. The van der Waals surface area contributed by atoms with Crippen LogP contribution in [0, 0.1) is 6.92 Å². The van der Waals surface area contributed by atoms with Crippen molar-refractivity contribution in [3.05, 3.63) is 23.9 Å². The van der Waals surface area contributed by atoms with Gasteiger partial charge in [-0.1, -0.05) is 13.0 Å². The Bertz CT molecular complexity index is 295. The predicted octanol–water partition coefficient (Wildman–Crippen LogP) is 1.96. The second kappa shape index (κ2) is 4.42. The highest BCUT2D eigenvalue weighted by Crippen LogP contribution is 2.18. The Kier molecular flexibility index (Phi) is 3.47. The van der Waals surface area contributed by atoms with Crippen molar-refractivity contribution in [1.82, 2.24) is 4.98 Å². The van der Waals surface area contributed by atoms with E-state index in [1.807, 2.05) is 32.9 Å². The number of rotatable bonds is 4. The van der Waals surface area contributed by atoms with Crippen LogP contribution in [0.5, 0.6) is 0 Å². The molecule has 0 aliphatic rings. The minimum absolute atomic E-state index is 0.111. The van der Waals surface area contributed by atoms with Crippen molar-refractivity contribution in [2.75, 3.05) is 11.9 Å². The zero-order valence-corrected chi connectivity index (χ0v) is 9.04. The average Bonchev–Trinajstić information content (AvgIpc) is 2.21. The number of aliphatic hydroxyl groups excluding tert-OH is 1. The third-order valence-electron chi connectivity index (χ3n) is 2.56. The summed E-state index contributed by atoms with van der Waals surface area (Å²) in [7, 11) is 0. The Morgan fingerprint density at radius 3 is 2.79 bits per heavy atom. The first-order valence-electron chi connectivity index (χ1n) is 4.92. The Morgan fingerprint density at radius 1 is 1.57 bits per heavy atom. The minimum atomic E-state index is -0.279. The van der Waals surface area contributed by atoms with E-state index in [1.54, 1.807) is 6.20 Å². The lowest BCUT2D eigenvalue weighted by Crippen LogP contribution is -2.38. The molecule has 1 unspecified atom stereocenters. The number of hydrogen-bond donors (Lipinski definition) is 2. The van der Waals surface area contributed by atoms with Crippen molar-refractivity contribution in [1.29, 1.82) is 0 Å². The molecule has 78 valence electrons. The smallest absolute Gasteiger partial charge is 0.129 e. The van der Waals surface area contributed by atoms with Crippen LogP contribution in [0.1, 0.15) is 25.8 Å². The molecule has 1 atom stereocenters. The van der Waals surface area contributed by atoms with Gasteiger partial charge in [-0.2, -0.15) is 0 Å².